The molecule has 0 heterocycles. The van der Waals surface area contributed by atoms with E-state index in [1.165, 1.54) is 13.3 Å². The molecule has 4 nitrogen and oxygen atoms in total. The largest absolute Gasteiger partial charge is 0.399 e. The summed E-state index contributed by atoms with van der Waals surface area (Å²) in [6.07, 6.45) is 1.45. The van der Waals surface area contributed by atoms with Crippen molar-refractivity contribution in [2.45, 2.75) is 13.5 Å². The molecular weight excluding hydrogens is 288 g/mol. The average molecular weight is 306 g/mol. The van der Waals surface area contributed by atoms with Gasteiger partial charge in [0.15, 0.2) is 0 Å². The van der Waals surface area contributed by atoms with E-state index in [-0.39, 0.29) is 0 Å². The summed E-state index contributed by atoms with van der Waals surface area (Å²) < 4.78 is 0. The fraction of sp³-hybridized carbons (Fsp3) is 0.158. The Kier molecular flexibility index (Phi) is 6.43. The normalized spacial score (nSPS) is 11.0. The Labute approximate surface area is 136 Å². The number of hydrogen-bond acceptors (Lipinski definition) is 4. The first-order chi connectivity index (χ1) is 11.3. The highest BCUT2D eigenvalue weighted by atomic mass is 16.6. The Hall–Kier alpha value is -3.06. The molecule has 2 rings (SSSR count). The van der Waals surface area contributed by atoms with E-state index >= 15 is 0 Å². The molecule has 0 fully saturated rings. The number of hydrogen-bond donors (Lipinski definition) is 0. The second kappa shape index (κ2) is 9.06. The zero-order valence-electron chi connectivity index (χ0n) is 13.2. The highest BCUT2D eigenvalue weighted by Gasteiger charge is 2.05. The van der Waals surface area contributed by atoms with Gasteiger partial charge in [0.05, 0.1) is 5.71 Å². The zero-order valence-corrected chi connectivity index (χ0v) is 13.2. The Morgan fingerprint density at radius 2 is 1.83 bits per heavy atom. The third-order valence-corrected chi connectivity index (χ3v) is 3.04. The van der Waals surface area contributed by atoms with Crippen LogP contribution in [-0.4, -0.2) is 19.0 Å². The summed E-state index contributed by atoms with van der Waals surface area (Å²) in [6.45, 7) is 2.23. The molecule has 0 aliphatic heterocycles. The molecule has 0 aliphatic carbocycles. The van der Waals surface area contributed by atoms with Crippen LogP contribution in [0.15, 0.2) is 64.9 Å². The van der Waals surface area contributed by atoms with Gasteiger partial charge in [0.2, 0.25) is 0 Å². The number of nitrogens with zero attached hydrogens (tertiary/aromatic N) is 2. The van der Waals surface area contributed by atoms with E-state index in [4.69, 9.17) is 9.68 Å². The molecule has 0 saturated heterocycles. The summed E-state index contributed by atoms with van der Waals surface area (Å²) in [5.41, 5.74) is 3.69. The third-order valence-electron chi connectivity index (χ3n) is 3.04. The summed E-state index contributed by atoms with van der Waals surface area (Å²) in [5, 5.41) is 7.81. The minimum atomic E-state index is 0.344. The third kappa shape index (κ3) is 5.33. The monoisotopic (exact) mass is 306 g/mol. The predicted octanol–water partition coefficient (Wildman–Crippen LogP) is 3.61. The molecule has 2 aromatic rings. The summed E-state index contributed by atoms with van der Waals surface area (Å²) in [7, 11) is 1.53. The van der Waals surface area contributed by atoms with Gasteiger partial charge < -0.3 is 9.68 Å². The van der Waals surface area contributed by atoms with E-state index in [0.717, 1.165) is 22.4 Å². The summed E-state index contributed by atoms with van der Waals surface area (Å²) in [5.74, 6) is 5.81. The summed E-state index contributed by atoms with van der Waals surface area (Å²) >= 11 is 0. The molecule has 0 unspecified atom stereocenters. The van der Waals surface area contributed by atoms with E-state index in [0.29, 0.717) is 6.61 Å². The Morgan fingerprint density at radius 1 is 1.09 bits per heavy atom. The minimum Gasteiger partial charge on any atom is -0.399 e. The van der Waals surface area contributed by atoms with Gasteiger partial charge in [-0.1, -0.05) is 58.7 Å². The quantitative estimate of drug-likeness (QED) is 0.481. The number of benzene rings is 2. The Morgan fingerprint density at radius 3 is 2.61 bits per heavy atom. The number of oxime groups is 2. The van der Waals surface area contributed by atoms with Crippen LogP contribution in [0.2, 0.25) is 0 Å². The molecule has 23 heavy (non-hydrogen) atoms. The lowest BCUT2D eigenvalue weighted by Gasteiger charge is -2.07. The van der Waals surface area contributed by atoms with Crippen molar-refractivity contribution in [1.82, 2.24) is 0 Å². The maximum absolute atomic E-state index is 5.30. The topological polar surface area (TPSA) is 43.2 Å². The maximum atomic E-state index is 5.30. The van der Waals surface area contributed by atoms with Crippen LogP contribution in [0.25, 0.3) is 0 Å². The highest BCUT2D eigenvalue weighted by Crippen LogP contribution is 2.11. The first-order valence-electron chi connectivity index (χ1n) is 7.17. The van der Waals surface area contributed by atoms with Crippen LogP contribution in [0.5, 0.6) is 0 Å². The van der Waals surface area contributed by atoms with Crippen molar-refractivity contribution in [3.8, 4) is 11.8 Å². The molecule has 116 valence electrons. The summed E-state index contributed by atoms with van der Waals surface area (Å²) in [4.78, 5) is 10.1. The molecule has 0 spiro atoms. The smallest absolute Gasteiger partial charge is 0.143 e. The van der Waals surface area contributed by atoms with E-state index in [1.54, 1.807) is 0 Å². The van der Waals surface area contributed by atoms with Gasteiger partial charge in [0, 0.05) is 16.7 Å². The maximum Gasteiger partial charge on any atom is 0.143 e. The molecular formula is C19H18N2O2. The standard InChI is InChI=1S/C19H18N2O2/c1-16(21-22-2)19-13-7-6-12-18(19)15-23-20-14-8-11-17-9-4-3-5-10-17/h3-7,9-10,12-14H,15H2,1-2H3/b20-14+,21-16-. The second-order valence-electron chi connectivity index (χ2n) is 4.66. The van der Waals surface area contributed by atoms with E-state index in [9.17, 15) is 0 Å². The van der Waals surface area contributed by atoms with Crippen LogP contribution >= 0.6 is 0 Å². The molecule has 0 aliphatic rings. The molecule has 4 heteroatoms. The molecule has 0 saturated carbocycles. The first kappa shape index (κ1) is 16.3. The average Bonchev–Trinajstić information content (AvgIpc) is 2.59. The molecule has 0 bridgehead atoms. The van der Waals surface area contributed by atoms with E-state index in [2.05, 4.69) is 22.2 Å². The van der Waals surface area contributed by atoms with Crippen LogP contribution in [-0.2, 0) is 16.3 Å². The van der Waals surface area contributed by atoms with Crippen LogP contribution in [0.1, 0.15) is 23.6 Å². The van der Waals surface area contributed by atoms with Crippen LogP contribution in [0.3, 0.4) is 0 Å². The van der Waals surface area contributed by atoms with E-state index < -0.39 is 0 Å². The zero-order chi connectivity index (χ0) is 16.3. The van der Waals surface area contributed by atoms with Crippen LogP contribution < -0.4 is 0 Å². The van der Waals surface area contributed by atoms with Gasteiger partial charge in [-0.25, -0.2) is 0 Å². The molecule has 2 aromatic carbocycles. The molecule has 0 aromatic heterocycles. The fourth-order valence-electron chi connectivity index (χ4n) is 1.99. The van der Waals surface area contributed by atoms with Crippen molar-refractivity contribution in [3.63, 3.8) is 0 Å². The van der Waals surface area contributed by atoms with Crippen LogP contribution in [0, 0.1) is 11.8 Å². The van der Waals surface area contributed by atoms with Gasteiger partial charge in [0.1, 0.15) is 19.9 Å². The van der Waals surface area contributed by atoms with Crippen LogP contribution in [0.4, 0.5) is 0 Å². The fourth-order valence-corrected chi connectivity index (χ4v) is 1.99. The lowest BCUT2D eigenvalue weighted by molar-refractivity contribution is 0.132. The van der Waals surface area contributed by atoms with Gasteiger partial charge in [0.25, 0.3) is 0 Å². The Bertz CT molecular complexity index is 741. The predicted molar refractivity (Wildman–Crippen MR) is 92.3 cm³/mol. The van der Waals surface area contributed by atoms with Crippen molar-refractivity contribution in [1.29, 1.82) is 0 Å². The summed E-state index contributed by atoms with van der Waals surface area (Å²) in [6, 6.07) is 17.5. The molecule has 0 N–H and O–H groups in total. The lowest BCUT2D eigenvalue weighted by atomic mass is 10.0. The van der Waals surface area contributed by atoms with Gasteiger partial charge in [-0.15, -0.1) is 0 Å². The second-order valence-corrected chi connectivity index (χ2v) is 4.66. The SMILES string of the molecule is CO/N=C(/C)c1ccccc1CO/N=C/C#Cc1ccccc1. The van der Waals surface area contributed by atoms with Crippen molar-refractivity contribution in [3.05, 3.63) is 71.3 Å². The van der Waals surface area contributed by atoms with Crippen molar-refractivity contribution < 1.29 is 9.68 Å². The molecule has 0 amide bonds. The number of rotatable bonds is 5. The van der Waals surface area contributed by atoms with Gasteiger partial charge in [-0.05, 0) is 25.0 Å². The van der Waals surface area contributed by atoms with Crippen molar-refractivity contribution in [2.75, 3.05) is 7.11 Å². The lowest BCUT2D eigenvalue weighted by Crippen LogP contribution is -2.02. The Balaban J connectivity index is 1.93. The van der Waals surface area contributed by atoms with Gasteiger partial charge in [-0.2, -0.15) is 0 Å². The van der Waals surface area contributed by atoms with Gasteiger partial charge in [-0.3, -0.25) is 0 Å². The van der Waals surface area contributed by atoms with Crippen molar-refractivity contribution in [2.24, 2.45) is 10.3 Å². The highest BCUT2D eigenvalue weighted by molar-refractivity contribution is 5.99. The van der Waals surface area contributed by atoms with Gasteiger partial charge >= 0.3 is 0 Å². The molecule has 0 atom stereocenters. The van der Waals surface area contributed by atoms with E-state index in [1.807, 2.05) is 61.5 Å². The minimum absolute atomic E-state index is 0.344. The molecule has 0 radical (unpaired) electrons. The first-order valence-corrected chi connectivity index (χ1v) is 7.17. The van der Waals surface area contributed by atoms with Crippen molar-refractivity contribution >= 4 is 11.9 Å².